The quantitative estimate of drug-likeness (QED) is 0.859. The summed E-state index contributed by atoms with van der Waals surface area (Å²) in [4.78, 5) is 0. The van der Waals surface area contributed by atoms with Crippen molar-refractivity contribution in [3.63, 3.8) is 0 Å². The average molecular weight is 264 g/mol. The highest BCUT2D eigenvalue weighted by Gasteiger charge is 2.12. The molecule has 2 heteroatoms. The van der Waals surface area contributed by atoms with E-state index in [4.69, 9.17) is 5.73 Å². The second kappa shape index (κ2) is 6.21. The molecule has 2 aromatic rings. The molecule has 98 valence electrons. The van der Waals surface area contributed by atoms with E-state index in [0.29, 0.717) is 5.92 Å². The normalized spacial score (nSPS) is 12.5. The van der Waals surface area contributed by atoms with E-state index in [0.717, 1.165) is 6.42 Å². The van der Waals surface area contributed by atoms with Crippen LogP contribution in [0.25, 0.3) is 10.8 Å². The van der Waals surface area contributed by atoms with Crippen molar-refractivity contribution in [3.05, 3.63) is 47.5 Å². The molecule has 0 heterocycles. The van der Waals surface area contributed by atoms with Gasteiger partial charge < -0.3 is 5.73 Å². The van der Waals surface area contributed by atoms with Gasteiger partial charge in [-0.1, -0.05) is 50.2 Å². The minimum atomic E-state index is 0. The number of hydrogen-bond acceptors (Lipinski definition) is 1. The largest absolute Gasteiger partial charge is 0.324 e. The number of fused-ring (bicyclic) bond motifs is 1. The summed E-state index contributed by atoms with van der Waals surface area (Å²) >= 11 is 0. The molecule has 0 unspecified atom stereocenters. The van der Waals surface area contributed by atoms with E-state index < -0.39 is 0 Å². The van der Waals surface area contributed by atoms with Crippen LogP contribution in [0, 0.1) is 12.8 Å². The lowest BCUT2D eigenvalue weighted by atomic mass is 9.92. The lowest BCUT2D eigenvalue weighted by molar-refractivity contribution is 0.512. The Morgan fingerprint density at radius 2 is 1.61 bits per heavy atom. The Hall–Kier alpha value is -1.05. The fraction of sp³-hybridized carbons (Fsp3) is 0.375. The first-order valence-corrected chi connectivity index (χ1v) is 6.33. The van der Waals surface area contributed by atoms with Crippen molar-refractivity contribution in [2.45, 2.75) is 33.2 Å². The van der Waals surface area contributed by atoms with Crippen molar-refractivity contribution in [3.8, 4) is 0 Å². The molecule has 0 amide bonds. The van der Waals surface area contributed by atoms with E-state index in [1.165, 1.54) is 21.9 Å². The van der Waals surface area contributed by atoms with Crippen LogP contribution in [0.3, 0.4) is 0 Å². The maximum Gasteiger partial charge on any atom is 0.0303 e. The Bertz CT molecular complexity index is 519. The van der Waals surface area contributed by atoms with Gasteiger partial charge in [0.05, 0.1) is 0 Å². The zero-order valence-electron chi connectivity index (χ0n) is 11.3. The SMILES string of the molecule is Cc1ccc([C@H](N)CC(C)C)c2ccccc12.Cl. The van der Waals surface area contributed by atoms with E-state index in [1.807, 2.05) is 0 Å². The first-order chi connectivity index (χ1) is 8.09. The molecule has 18 heavy (non-hydrogen) atoms. The van der Waals surface area contributed by atoms with Crippen LogP contribution in [0.5, 0.6) is 0 Å². The fourth-order valence-electron chi connectivity index (χ4n) is 2.43. The molecule has 0 radical (unpaired) electrons. The molecule has 0 saturated heterocycles. The smallest absolute Gasteiger partial charge is 0.0303 e. The van der Waals surface area contributed by atoms with Crippen LogP contribution in [-0.2, 0) is 0 Å². The standard InChI is InChI=1S/C16H21N.ClH/c1-11(2)10-16(17)15-9-8-12(3)13-6-4-5-7-14(13)15;/h4-9,11,16H,10,17H2,1-3H3;1H/t16-;/m1./s1. The maximum atomic E-state index is 6.31. The van der Waals surface area contributed by atoms with Crippen LogP contribution in [0.4, 0.5) is 0 Å². The van der Waals surface area contributed by atoms with Gasteiger partial charge in [-0.25, -0.2) is 0 Å². The van der Waals surface area contributed by atoms with E-state index in [9.17, 15) is 0 Å². The highest BCUT2D eigenvalue weighted by molar-refractivity contribution is 5.88. The Morgan fingerprint density at radius 3 is 2.22 bits per heavy atom. The summed E-state index contributed by atoms with van der Waals surface area (Å²) in [6, 6.07) is 13.0. The first kappa shape index (κ1) is 15.0. The topological polar surface area (TPSA) is 26.0 Å². The lowest BCUT2D eigenvalue weighted by Gasteiger charge is -2.17. The molecule has 0 aliphatic rings. The van der Waals surface area contributed by atoms with Gasteiger partial charge in [0.1, 0.15) is 0 Å². The molecule has 0 aromatic heterocycles. The highest BCUT2D eigenvalue weighted by atomic mass is 35.5. The number of rotatable bonds is 3. The second-order valence-corrected chi connectivity index (χ2v) is 5.25. The third kappa shape index (κ3) is 3.04. The highest BCUT2D eigenvalue weighted by Crippen LogP contribution is 2.28. The summed E-state index contributed by atoms with van der Waals surface area (Å²) in [6.45, 7) is 6.59. The summed E-state index contributed by atoms with van der Waals surface area (Å²) in [5.74, 6) is 0.630. The fourth-order valence-corrected chi connectivity index (χ4v) is 2.43. The lowest BCUT2D eigenvalue weighted by Crippen LogP contribution is -2.13. The van der Waals surface area contributed by atoms with Crippen LogP contribution < -0.4 is 5.73 Å². The van der Waals surface area contributed by atoms with Crippen molar-refractivity contribution in [1.29, 1.82) is 0 Å². The molecule has 2 aromatic carbocycles. The molecule has 1 nitrogen and oxygen atoms in total. The minimum absolute atomic E-state index is 0. The van der Waals surface area contributed by atoms with Crippen LogP contribution in [-0.4, -0.2) is 0 Å². The van der Waals surface area contributed by atoms with Gasteiger partial charge in [-0.05, 0) is 41.2 Å². The van der Waals surface area contributed by atoms with Crippen LogP contribution >= 0.6 is 12.4 Å². The van der Waals surface area contributed by atoms with Gasteiger partial charge in [0, 0.05) is 6.04 Å². The van der Waals surface area contributed by atoms with E-state index >= 15 is 0 Å². The van der Waals surface area contributed by atoms with Crippen molar-refractivity contribution in [1.82, 2.24) is 0 Å². The van der Waals surface area contributed by atoms with E-state index in [1.54, 1.807) is 0 Å². The predicted octanol–water partition coefficient (Wildman–Crippen LogP) is 4.62. The summed E-state index contributed by atoms with van der Waals surface area (Å²) < 4.78 is 0. The van der Waals surface area contributed by atoms with Gasteiger partial charge in [-0.15, -0.1) is 12.4 Å². The second-order valence-electron chi connectivity index (χ2n) is 5.25. The Balaban J connectivity index is 0.00000162. The van der Waals surface area contributed by atoms with Gasteiger partial charge in [0.15, 0.2) is 0 Å². The summed E-state index contributed by atoms with van der Waals surface area (Å²) in [5.41, 5.74) is 8.91. The molecular weight excluding hydrogens is 242 g/mol. The number of benzene rings is 2. The molecular formula is C16H22ClN. The molecule has 2 N–H and O–H groups in total. The summed E-state index contributed by atoms with van der Waals surface area (Å²) in [6.07, 6.45) is 1.03. The van der Waals surface area contributed by atoms with Crippen LogP contribution in [0.2, 0.25) is 0 Å². The molecule has 0 bridgehead atoms. The van der Waals surface area contributed by atoms with Gasteiger partial charge in [0.2, 0.25) is 0 Å². The molecule has 0 saturated carbocycles. The zero-order valence-corrected chi connectivity index (χ0v) is 12.1. The van der Waals surface area contributed by atoms with Crippen LogP contribution in [0.1, 0.15) is 37.4 Å². The predicted molar refractivity (Wildman–Crippen MR) is 82.3 cm³/mol. The third-order valence-electron chi connectivity index (χ3n) is 3.30. The van der Waals surface area contributed by atoms with Gasteiger partial charge in [0.25, 0.3) is 0 Å². The number of halogens is 1. The molecule has 0 fully saturated rings. The molecule has 0 spiro atoms. The number of hydrogen-bond donors (Lipinski definition) is 1. The maximum absolute atomic E-state index is 6.31. The molecule has 0 aliphatic heterocycles. The Morgan fingerprint density at radius 1 is 1.00 bits per heavy atom. The number of aryl methyl sites for hydroxylation is 1. The van der Waals surface area contributed by atoms with E-state index in [-0.39, 0.29) is 18.4 Å². The van der Waals surface area contributed by atoms with Crippen molar-refractivity contribution >= 4 is 23.2 Å². The van der Waals surface area contributed by atoms with Crippen molar-refractivity contribution in [2.75, 3.05) is 0 Å². The van der Waals surface area contributed by atoms with Crippen LogP contribution in [0.15, 0.2) is 36.4 Å². The monoisotopic (exact) mass is 263 g/mol. The molecule has 0 aliphatic carbocycles. The minimum Gasteiger partial charge on any atom is -0.324 e. The third-order valence-corrected chi connectivity index (χ3v) is 3.30. The first-order valence-electron chi connectivity index (χ1n) is 6.33. The zero-order chi connectivity index (χ0) is 12.4. The van der Waals surface area contributed by atoms with Gasteiger partial charge >= 0.3 is 0 Å². The summed E-state index contributed by atoms with van der Waals surface area (Å²) in [7, 11) is 0. The van der Waals surface area contributed by atoms with Crippen molar-refractivity contribution in [2.24, 2.45) is 11.7 Å². The van der Waals surface area contributed by atoms with Gasteiger partial charge in [-0.2, -0.15) is 0 Å². The van der Waals surface area contributed by atoms with Gasteiger partial charge in [-0.3, -0.25) is 0 Å². The van der Waals surface area contributed by atoms with Crippen molar-refractivity contribution < 1.29 is 0 Å². The van der Waals surface area contributed by atoms with E-state index in [2.05, 4.69) is 57.2 Å². The number of nitrogens with two attached hydrogens (primary N) is 1. The Labute approximate surface area is 116 Å². The summed E-state index contributed by atoms with van der Waals surface area (Å²) in [5, 5.41) is 2.63. The molecule has 2 rings (SSSR count). The molecule has 1 atom stereocenters. The Kier molecular flexibility index (Phi) is 5.18. The average Bonchev–Trinajstić information content (AvgIpc) is 2.29.